The van der Waals surface area contributed by atoms with Crippen LogP contribution >= 0.6 is 0 Å². The van der Waals surface area contributed by atoms with E-state index in [4.69, 9.17) is 4.74 Å². The second-order valence-corrected chi connectivity index (χ2v) is 4.68. The van der Waals surface area contributed by atoms with Crippen LogP contribution in [0.25, 0.3) is 0 Å². The first kappa shape index (κ1) is 13.9. The SMILES string of the molecule is Cc1ccc(C)c(OCC(=O)c2ccc(O)cc2O)c1. The molecule has 0 aromatic heterocycles. The van der Waals surface area contributed by atoms with Gasteiger partial charge in [-0.2, -0.15) is 0 Å². The molecule has 0 aliphatic carbocycles. The van der Waals surface area contributed by atoms with Crippen molar-refractivity contribution in [3.05, 3.63) is 53.1 Å². The quantitative estimate of drug-likeness (QED) is 0.840. The molecule has 0 aliphatic rings. The Morgan fingerprint density at radius 2 is 1.85 bits per heavy atom. The van der Waals surface area contributed by atoms with Crippen molar-refractivity contribution in [2.75, 3.05) is 6.61 Å². The zero-order valence-electron chi connectivity index (χ0n) is 11.4. The van der Waals surface area contributed by atoms with Gasteiger partial charge in [-0.25, -0.2) is 0 Å². The van der Waals surface area contributed by atoms with Gasteiger partial charge in [0.15, 0.2) is 6.61 Å². The summed E-state index contributed by atoms with van der Waals surface area (Å²) in [5.41, 5.74) is 2.12. The van der Waals surface area contributed by atoms with Gasteiger partial charge in [0.1, 0.15) is 17.2 Å². The molecule has 0 atom stereocenters. The summed E-state index contributed by atoms with van der Waals surface area (Å²) in [4.78, 5) is 12.0. The van der Waals surface area contributed by atoms with E-state index in [0.29, 0.717) is 5.75 Å². The predicted molar refractivity (Wildman–Crippen MR) is 75.5 cm³/mol. The van der Waals surface area contributed by atoms with Crippen LogP contribution in [0.3, 0.4) is 0 Å². The topological polar surface area (TPSA) is 66.8 Å². The lowest BCUT2D eigenvalue weighted by Crippen LogP contribution is -2.12. The Morgan fingerprint density at radius 3 is 2.55 bits per heavy atom. The number of ketones is 1. The highest BCUT2D eigenvalue weighted by Crippen LogP contribution is 2.24. The number of phenols is 2. The number of Topliss-reactive ketones (excluding diaryl/α,β-unsaturated/α-hetero) is 1. The maximum absolute atomic E-state index is 12.0. The molecule has 0 heterocycles. The van der Waals surface area contributed by atoms with Crippen LogP contribution in [0.1, 0.15) is 21.5 Å². The van der Waals surface area contributed by atoms with Crippen LogP contribution in [0.2, 0.25) is 0 Å². The van der Waals surface area contributed by atoms with E-state index in [2.05, 4.69) is 0 Å². The van der Waals surface area contributed by atoms with Gasteiger partial charge in [0, 0.05) is 6.07 Å². The lowest BCUT2D eigenvalue weighted by Gasteiger charge is -2.10. The molecule has 0 fully saturated rings. The van der Waals surface area contributed by atoms with Crippen LogP contribution < -0.4 is 4.74 Å². The Kier molecular flexibility index (Phi) is 3.94. The van der Waals surface area contributed by atoms with Crippen LogP contribution in [-0.2, 0) is 0 Å². The van der Waals surface area contributed by atoms with E-state index < -0.39 is 0 Å². The van der Waals surface area contributed by atoms with Crippen LogP contribution in [-0.4, -0.2) is 22.6 Å². The Bertz CT molecular complexity index is 647. The van der Waals surface area contributed by atoms with Crippen LogP contribution in [0.5, 0.6) is 17.2 Å². The molecule has 20 heavy (non-hydrogen) atoms. The molecule has 0 radical (unpaired) electrons. The Balaban J connectivity index is 2.10. The van der Waals surface area contributed by atoms with Gasteiger partial charge in [-0.15, -0.1) is 0 Å². The summed E-state index contributed by atoms with van der Waals surface area (Å²) >= 11 is 0. The summed E-state index contributed by atoms with van der Waals surface area (Å²) in [6.45, 7) is 3.68. The zero-order valence-corrected chi connectivity index (χ0v) is 11.4. The molecule has 2 aromatic carbocycles. The highest BCUT2D eigenvalue weighted by Gasteiger charge is 2.13. The molecular formula is C16H16O4. The smallest absolute Gasteiger partial charge is 0.203 e. The van der Waals surface area contributed by atoms with Crippen LogP contribution in [0.15, 0.2) is 36.4 Å². The van der Waals surface area contributed by atoms with Crippen LogP contribution in [0, 0.1) is 13.8 Å². The van der Waals surface area contributed by atoms with Gasteiger partial charge in [0.25, 0.3) is 0 Å². The molecule has 2 rings (SSSR count). The molecule has 2 aromatic rings. The minimum Gasteiger partial charge on any atom is -0.508 e. The maximum atomic E-state index is 12.0. The summed E-state index contributed by atoms with van der Waals surface area (Å²) in [6, 6.07) is 9.61. The van der Waals surface area contributed by atoms with Crippen molar-refractivity contribution in [1.29, 1.82) is 0 Å². The largest absolute Gasteiger partial charge is 0.508 e. The number of carbonyl (C=O) groups is 1. The van der Waals surface area contributed by atoms with E-state index in [1.165, 1.54) is 12.1 Å². The van der Waals surface area contributed by atoms with Gasteiger partial charge in [-0.1, -0.05) is 12.1 Å². The van der Waals surface area contributed by atoms with Crippen molar-refractivity contribution in [3.8, 4) is 17.2 Å². The third-order valence-corrected chi connectivity index (χ3v) is 2.98. The van der Waals surface area contributed by atoms with Gasteiger partial charge in [0.05, 0.1) is 5.56 Å². The molecule has 0 saturated heterocycles. The third kappa shape index (κ3) is 3.09. The van der Waals surface area contributed by atoms with Gasteiger partial charge >= 0.3 is 0 Å². The summed E-state index contributed by atoms with van der Waals surface area (Å²) < 4.78 is 5.50. The molecule has 0 bridgehead atoms. The van der Waals surface area contributed by atoms with E-state index in [9.17, 15) is 15.0 Å². The fourth-order valence-electron chi connectivity index (χ4n) is 1.84. The first-order valence-corrected chi connectivity index (χ1v) is 6.22. The molecule has 4 heteroatoms. The normalized spacial score (nSPS) is 10.3. The number of aromatic hydroxyl groups is 2. The average Bonchev–Trinajstić information content (AvgIpc) is 2.39. The minimum atomic E-state index is -0.344. The number of hydrogen-bond acceptors (Lipinski definition) is 4. The average molecular weight is 272 g/mol. The first-order chi connectivity index (χ1) is 9.47. The molecule has 0 saturated carbocycles. The highest BCUT2D eigenvalue weighted by molar-refractivity contribution is 5.99. The maximum Gasteiger partial charge on any atom is 0.203 e. The zero-order chi connectivity index (χ0) is 14.7. The molecule has 0 spiro atoms. The molecule has 4 nitrogen and oxygen atoms in total. The molecule has 0 amide bonds. The molecular weight excluding hydrogens is 256 g/mol. The van der Waals surface area contributed by atoms with E-state index in [-0.39, 0.29) is 29.5 Å². The van der Waals surface area contributed by atoms with Crippen molar-refractivity contribution in [1.82, 2.24) is 0 Å². The van der Waals surface area contributed by atoms with Gasteiger partial charge in [-0.3, -0.25) is 4.79 Å². The predicted octanol–water partition coefficient (Wildman–Crippen LogP) is 2.98. The fourth-order valence-corrected chi connectivity index (χ4v) is 1.84. The monoisotopic (exact) mass is 272 g/mol. The van der Waals surface area contributed by atoms with Crippen molar-refractivity contribution >= 4 is 5.78 Å². The third-order valence-electron chi connectivity index (χ3n) is 2.98. The number of ether oxygens (including phenoxy) is 1. The van der Waals surface area contributed by atoms with Gasteiger partial charge in [0.2, 0.25) is 5.78 Å². The number of rotatable bonds is 4. The number of phenolic OH excluding ortho intramolecular Hbond substituents is 2. The van der Waals surface area contributed by atoms with Crippen molar-refractivity contribution < 1.29 is 19.7 Å². The van der Waals surface area contributed by atoms with Crippen molar-refractivity contribution in [2.45, 2.75) is 13.8 Å². The van der Waals surface area contributed by atoms with Crippen LogP contribution in [0.4, 0.5) is 0 Å². The summed E-state index contributed by atoms with van der Waals surface area (Å²) in [5.74, 6) is -0.0333. The summed E-state index contributed by atoms with van der Waals surface area (Å²) in [7, 11) is 0. The number of aryl methyl sites for hydroxylation is 2. The molecule has 0 unspecified atom stereocenters. The highest BCUT2D eigenvalue weighted by atomic mass is 16.5. The van der Waals surface area contributed by atoms with Gasteiger partial charge < -0.3 is 14.9 Å². The number of carbonyl (C=O) groups excluding carboxylic acids is 1. The second-order valence-electron chi connectivity index (χ2n) is 4.68. The van der Waals surface area contributed by atoms with E-state index in [1.54, 1.807) is 0 Å². The van der Waals surface area contributed by atoms with E-state index >= 15 is 0 Å². The lowest BCUT2D eigenvalue weighted by atomic mass is 10.1. The molecule has 0 aliphatic heterocycles. The Labute approximate surface area is 117 Å². The fraction of sp³-hybridized carbons (Fsp3) is 0.188. The van der Waals surface area contributed by atoms with Crippen molar-refractivity contribution in [2.24, 2.45) is 0 Å². The summed E-state index contributed by atoms with van der Waals surface area (Å²) in [6.07, 6.45) is 0. The summed E-state index contributed by atoms with van der Waals surface area (Å²) in [5, 5.41) is 18.8. The molecule has 104 valence electrons. The second kappa shape index (κ2) is 5.65. The molecule has 2 N–H and O–H groups in total. The standard InChI is InChI=1S/C16H16O4/c1-10-3-4-11(2)16(7-10)20-9-15(19)13-6-5-12(17)8-14(13)18/h3-8,17-18H,9H2,1-2H3. The van der Waals surface area contributed by atoms with Crippen molar-refractivity contribution in [3.63, 3.8) is 0 Å². The Morgan fingerprint density at radius 1 is 1.10 bits per heavy atom. The first-order valence-electron chi connectivity index (χ1n) is 6.22. The van der Waals surface area contributed by atoms with E-state index in [0.717, 1.165) is 17.2 Å². The number of benzene rings is 2. The lowest BCUT2D eigenvalue weighted by molar-refractivity contribution is 0.0918. The Hall–Kier alpha value is -2.49. The van der Waals surface area contributed by atoms with E-state index in [1.807, 2.05) is 32.0 Å². The minimum absolute atomic E-state index is 0.0884. The number of hydrogen-bond donors (Lipinski definition) is 2. The van der Waals surface area contributed by atoms with Gasteiger partial charge in [-0.05, 0) is 43.2 Å².